The van der Waals surface area contributed by atoms with Crippen LogP contribution in [-0.2, 0) is 21.2 Å². The van der Waals surface area contributed by atoms with Gasteiger partial charge in [-0.3, -0.25) is 4.55 Å². The van der Waals surface area contributed by atoms with Gasteiger partial charge in [0.05, 0.1) is 4.90 Å². The van der Waals surface area contributed by atoms with Crippen LogP contribution >= 0.6 is 0 Å². The van der Waals surface area contributed by atoms with E-state index >= 15 is 0 Å². The quantitative estimate of drug-likeness (QED) is 0.585. The lowest BCUT2D eigenvalue weighted by Gasteiger charge is -2.00. The molecule has 2 N–H and O–H groups in total. The van der Waals surface area contributed by atoms with Gasteiger partial charge in [-0.05, 0) is 18.2 Å². The first kappa shape index (κ1) is 11.2. The van der Waals surface area contributed by atoms with Crippen molar-refractivity contribution in [2.24, 2.45) is 0 Å². The Kier molecular flexibility index (Phi) is 3.00. The molecule has 0 aromatic heterocycles. The van der Waals surface area contributed by atoms with Crippen molar-refractivity contribution in [1.29, 1.82) is 0 Å². The summed E-state index contributed by atoms with van der Waals surface area (Å²) in [7, 11) is -4.71. The van der Waals surface area contributed by atoms with E-state index in [1.54, 1.807) is 0 Å². The van der Waals surface area contributed by atoms with Crippen LogP contribution in [0.3, 0.4) is 0 Å². The number of benzene rings is 1. The molecule has 0 heterocycles. The molecule has 0 aliphatic rings. The average Bonchev–Trinajstić information content (AvgIpc) is 2.02. The van der Waals surface area contributed by atoms with Gasteiger partial charge in [-0.25, -0.2) is 8.60 Å². The number of halogens is 1. The van der Waals surface area contributed by atoms with E-state index < -0.39 is 31.9 Å². The van der Waals surface area contributed by atoms with Gasteiger partial charge in [0.1, 0.15) is 10.7 Å². The van der Waals surface area contributed by atoms with E-state index in [1.165, 1.54) is 0 Å². The second-order valence-corrected chi connectivity index (χ2v) is 4.68. The molecule has 8 heteroatoms. The Hall–Kier alpha value is -0.830. The molecule has 0 aliphatic heterocycles. The van der Waals surface area contributed by atoms with Crippen molar-refractivity contribution >= 4 is 21.2 Å². The van der Waals surface area contributed by atoms with Gasteiger partial charge in [0.25, 0.3) is 10.1 Å². The summed E-state index contributed by atoms with van der Waals surface area (Å²) in [5.74, 6) is -1.18. The number of rotatable bonds is 2. The highest BCUT2D eigenvalue weighted by Crippen LogP contribution is 2.17. The zero-order chi connectivity index (χ0) is 10.9. The van der Waals surface area contributed by atoms with Crippen molar-refractivity contribution in [2.75, 3.05) is 0 Å². The summed E-state index contributed by atoms with van der Waals surface area (Å²) >= 11 is -2.42. The van der Waals surface area contributed by atoms with Crippen LogP contribution in [0, 0.1) is 5.82 Å². The molecular weight excluding hydrogens is 235 g/mol. The standard InChI is InChI=1S/C6H5FO5S2/c7-5-2-1-4(13(8)9)3-6(5)14(10,11)12/h1-3H,(H,8,9)(H,10,11,12). The number of hydrogen-bond donors (Lipinski definition) is 2. The minimum absolute atomic E-state index is 0.306. The van der Waals surface area contributed by atoms with Gasteiger partial charge >= 0.3 is 0 Å². The van der Waals surface area contributed by atoms with Crippen LogP contribution in [-0.4, -0.2) is 21.7 Å². The van der Waals surface area contributed by atoms with Crippen molar-refractivity contribution < 1.29 is 26.1 Å². The highest BCUT2D eigenvalue weighted by atomic mass is 32.2. The molecule has 1 atom stereocenters. The van der Waals surface area contributed by atoms with Gasteiger partial charge in [-0.1, -0.05) is 0 Å². The molecule has 0 aliphatic carbocycles. The maximum absolute atomic E-state index is 12.8. The molecule has 0 fully saturated rings. The highest BCUT2D eigenvalue weighted by Gasteiger charge is 2.17. The zero-order valence-electron chi connectivity index (χ0n) is 6.55. The highest BCUT2D eigenvalue weighted by molar-refractivity contribution is 7.86. The SMILES string of the molecule is O=S(O)c1ccc(F)c(S(=O)(=O)O)c1. The maximum atomic E-state index is 12.8. The largest absolute Gasteiger partial charge is 0.302 e. The van der Waals surface area contributed by atoms with Crippen LogP contribution in [0.25, 0.3) is 0 Å². The molecule has 1 unspecified atom stereocenters. The Morgan fingerprint density at radius 2 is 1.93 bits per heavy atom. The molecule has 0 radical (unpaired) electrons. The molecule has 78 valence electrons. The third-order valence-corrected chi connectivity index (χ3v) is 2.91. The van der Waals surface area contributed by atoms with E-state index in [2.05, 4.69) is 0 Å². The lowest BCUT2D eigenvalue weighted by molar-refractivity contribution is 0.472. The van der Waals surface area contributed by atoms with Crippen LogP contribution in [0.4, 0.5) is 4.39 Å². The zero-order valence-corrected chi connectivity index (χ0v) is 8.18. The van der Waals surface area contributed by atoms with Crippen LogP contribution in [0.2, 0.25) is 0 Å². The minimum Gasteiger partial charge on any atom is -0.302 e. The first-order chi connectivity index (χ1) is 6.32. The normalized spacial score (nSPS) is 13.9. The van der Waals surface area contributed by atoms with Crippen molar-refractivity contribution in [2.45, 2.75) is 9.79 Å². The van der Waals surface area contributed by atoms with Crippen molar-refractivity contribution in [3.05, 3.63) is 24.0 Å². The molecule has 0 saturated heterocycles. The predicted octanol–water partition coefficient (Wildman–Crippen LogP) is 0.653. The third-order valence-electron chi connectivity index (χ3n) is 1.38. The van der Waals surface area contributed by atoms with E-state index in [0.29, 0.717) is 12.1 Å². The Labute approximate surface area is 81.6 Å². The summed E-state index contributed by atoms with van der Waals surface area (Å²) in [6, 6.07) is 2.23. The number of hydrogen-bond acceptors (Lipinski definition) is 3. The van der Waals surface area contributed by atoms with E-state index in [1.807, 2.05) is 0 Å². The molecular formula is C6H5FO5S2. The smallest absolute Gasteiger partial charge is 0.297 e. The minimum atomic E-state index is -4.71. The van der Waals surface area contributed by atoms with Crippen LogP contribution in [0.15, 0.2) is 28.0 Å². The van der Waals surface area contributed by atoms with Gasteiger partial charge in [0.15, 0.2) is 11.1 Å². The lowest BCUT2D eigenvalue weighted by Crippen LogP contribution is -2.03. The van der Waals surface area contributed by atoms with Gasteiger partial charge in [-0.2, -0.15) is 8.42 Å². The second kappa shape index (κ2) is 3.73. The van der Waals surface area contributed by atoms with E-state index in [-0.39, 0.29) is 4.90 Å². The van der Waals surface area contributed by atoms with E-state index in [9.17, 15) is 17.0 Å². The summed E-state index contributed by atoms with van der Waals surface area (Å²) in [6.45, 7) is 0. The molecule has 1 rings (SSSR count). The van der Waals surface area contributed by atoms with Gasteiger partial charge in [-0.15, -0.1) is 0 Å². The predicted molar refractivity (Wildman–Crippen MR) is 45.3 cm³/mol. The summed E-state index contributed by atoms with van der Waals surface area (Å²) in [4.78, 5) is -1.32. The van der Waals surface area contributed by atoms with Crippen molar-refractivity contribution in [3.63, 3.8) is 0 Å². The van der Waals surface area contributed by atoms with Crippen molar-refractivity contribution in [3.8, 4) is 0 Å². The molecule has 0 bridgehead atoms. The lowest BCUT2D eigenvalue weighted by atomic mass is 10.3. The summed E-state index contributed by atoms with van der Waals surface area (Å²) in [5.41, 5.74) is 0. The molecule has 0 saturated carbocycles. The first-order valence-corrected chi connectivity index (χ1v) is 5.75. The fourth-order valence-corrected chi connectivity index (χ4v) is 1.86. The van der Waals surface area contributed by atoms with Gasteiger partial charge in [0.2, 0.25) is 0 Å². The Bertz CT molecular complexity index is 481. The van der Waals surface area contributed by atoms with Gasteiger partial charge in [0, 0.05) is 0 Å². The second-order valence-electron chi connectivity index (χ2n) is 2.32. The summed E-state index contributed by atoms with van der Waals surface area (Å²) < 4.78 is 61.5. The monoisotopic (exact) mass is 240 g/mol. The molecule has 14 heavy (non-hydrogen) atoms. The topological polar surface area (TPSA) is 91.7 Å². The van der Waals surface area contributed by atoms with Gasteiger partial charge < -0.3 is 4.55 Å². The molecule has 0 spiro atoms. The van der Waals surface area contributed by atoms with Crippen LogP contribution < -0.4 is 0 Å². The Morgan fingerprint density at radius 1 is 1.36 bits per heavy atom. The molecule has 5 nitrogen and oxygen atoms in total. The maximum Gasteiger partial charge on any atom is 0.297 e. The summed E-state index contributed by atoms with van der Waals surface area (Å²) in [6.07, 6.45) is 0. The third kappa shape index (κ3) is 2.35. The average molecular weight is 240 g/mol. The van der Waals surface area contributed by atoms with E-state index in [0.717, 1.165) is 6.07 Å². The van der Waals surface area contributed by atoms with E-state index in [4.69, 9.17) is 9.11 Å². The molecule has 0 amide bonds. The summed E-state index contributed by atoms with van der Waals surface area (Å²) in [5, 5.41) is 0. The first-order valence-electron chi connectivity index (χ1n) is 3.20. The molecule has 1 aromatic rings. The fraction of sp³-hybridized carbons (Fsp3) is 0. The van der Waals surface area contributed by atoms with Crippen LogP contribution in [0.1, 0.15) is 0 Å². The Balaban J connectivity index is 3.44. The van der Waals surface area contributed by atoms with Crippen LogP contribution in [0.5, 0.6) is 0 Å². The fourth-order valence-electron chi connectivity index (χ4n) is 0.790. The van der Waals surface area contributed by atoms with Crippen molar-refractivity contribution in [1.82, 2.24) is 0 Å². The Morgan fingerprint density at radius 3 is 2.36 bits per heavy atom. The molecule has 1 aromatic carbocycles.